The van der Waals surface area contributed by atoms with Crippen LogP contribution in [-0.4, -0.2) is 19.1 Å². The Morgan fingerprint density at radius 1 is 1.53 bits per heavy atom. The number of carbonyl (C=O) groups excluding carboxylic acids is 1. The molecule has 1 aromatic rings. The maximum absolute atomic E-state index is 11.7. The van der Waals surface area contributed by atoms with E-state index in [9.17, 15) is 4.79 Å². The molecule has 104 valence electrons. The van der Waals surface area contributed by atoms with Gasteiger partial charge in [0.25, 0.3) is 0 Å². The van der Waals surface area contributed by atoms with Gasteiger partial charge in [-0.15, -0.1) is 0 Å². The van der Waals surface area contributed by atoms with E-state index in [0.717, 1.165) is 12.2 Å². The van der Waals surface area contributed by atoms with Gasteiger partial charge in [0.1, 0.15) is 0 Å². The van der Waals surface area contributed by atoms with E-state index < -0.39 is 0 Å². The fourth-order valence-electron chi connectivity index (χ4n) is 2.21. The molecule has 4 heteroatoms. The van der Waals surface area contributed by atoms with E-state index in [1.54, 1.807) is 25.1 Å². The van der Waals surface area contributed by atoms with Gasteiger partial charge in [-0.2, -0.15) is 0 Å². The highest BCUT2D eigenvalue weighted by Crippen LogP contribution is 2.51. The minimum Gasteiger partial charge on any atom is -0.462 e. The summed E-state index contributed by atoms with van der Waals surface area (Å²) in [4.78, 5) is 11.7. The Balaban J connectivity index is 2.03. The lowest BCUT2D eigenvalue weighted by molar-refractivity contribution is 0.0526. The van der Waals surface area contributed by atoms with Crippen molar-refractivity contribution in [3.8, 4) is 0 Å². The number of rotatable bonds is 5. The fraction of sp³-hybridized carbons (Fsp3) is 0.533. The van der Waals surface area contributed by atoms with Gasteiger partial charge in [0.15, 0.2) is 0 Å². The summed E-state index contributed by atoms with van der Waals surface area (Å²) >= 11 is 0. The zero-order valence-electron chi connectivity index (χ0n) is 11.8. The van der Waals surface area contributed by atoms with Crippen LogP contribution in [0.1, 0.15) is 37.6 Å². The van der Waals surface area contributed by atoms with Crippen LogP contribution in [0.4, 0.5) is 11.4 Å². The molecule has 4 nitrogen and oxygen atoms in total. The van der Waals surface area contributed by atoms with Gasteiger partial charge in [-0.3, -0.25) is 0 Å². The van der Waals surface area contributed by atoms with Crippen molar-refractivity contribution < 1.29 is 9.53 Å². The Morgan fingerprint density at radius 2 is 2.21 bits per heavy atom. The Bertz CT molecular complexity index is 483. The predicted molar refractivity (Wildman–Crippen MR) is 77.2 cm³/mol. The molecule has 0 amide bonds. The Morgan fingerprint density at radius 3 is 2.79 bits per heavy atom. The molecule has 3 N–H and O–H groups in total. The molecule has 2 rings (SSSR count). The van der Waals surface area contributed by atoms with E-state index in [4.69, 9.17) is 10.5 Å². The average Bonchev–Trinajstić information content (AvgIpc) is 2.96. The first-order chi connectivity index (χ1) is 8.94. The van der Waals surface area contributed by atoms with E-state index in [-0.39, 0.29) is 5.97 Å². The number of anilines is 2. The monoisotopic (exact) mass is 262 g/mol. The highest BCUT2D eigenvalue weighted by Gasteiger charge is 2.44. The van der Waals surface area contributed by atoms with Crippen LogP contribution in [0.5, 0.6) is 0 Å². The molecule has 0 aliphatic heterocycles. The number of benzene rings is 1. The molecule has 1 aliphatic rings. The maximum Gasteiger partial charge on any atom is 0.338 e. The minimum atomic E-state index is -0.308. The normalized spacial score (nSPS) is 19.8. The van der Waals surface area contributed by atoms with Gasteiger partial charge in [0.2, 0.25) is 0 Å². The van der Waals surface area contributed by atoms with Gasteiger partial charge in [-0.05, 0) is 42.9 Å². The van der Waals surface area contributed by atoms with Gasteiger partial charge < -0.3 is 15.8 Å². The number of nitrogens with one attached hydrogen (secondary N) is 1. The third kappa shape index (κ3) is 3.19. The third-order valence-electron chi connectivity index (χ3n) is 3.82. The van der Waals surface area contributed by atoms with Gasteiger partial charge in [-0.1, -0.05) is 13.8 Å². The molecule has 1 atom stereocenters. The Kier molecular flexibility index (Phi) is 3.69. The van der Waals surface area contributed by atoms with E-state index in [1.807, 2.05) is 0 Å². The first-order valence-electron chi connectivity index (χ1n) is 6.74. The molecule has 0 heterocycles. The number of hydrogen-bond acceptors (Lipinski definition) is 4. The van der Waals surface area contributed by atoms with Crippen LogP contribution >= 0.6 is 0 Å². The number of esters is 1. The topological polar surface area (TPSA) is 64.3 Å². The lowest BCUT2D eigenvalue weighted by atomic mass is 10.1. The summed E-state index contributed by atoms with van der Waals surface area (Å²) in [5, 5.41) is 3.34. The molecule has 1 aromatic carbocycles. The second-order valence-corrected chi connectivity index (χ2v) is 5.79. The first-order valence-corrected chi connectivity index (χ1v) is 6.74. The Hall–Kier alpha value is -1.71. The smallest absolute Gasteiger partial charge is 0.338 e. The number of nitrogens with two attached hydrogens (primary N) is 1. The van der Waals surface area contributed by atoms with Crippen LogP contribution in [-0.2, 0) is 4.74 Å². The molecule has 1 aliphatic carbocycles. The quantitative estimate of drug-likeness (QED) is 0.632. The molecule has 0 aromatic heterocycles. The number of hydrogen-bond donors (Lipinski definition) is 2. The molecule has 1 unspecified atom stereocenters. The second-order valence-electron chi connectivity index (χ2n) is 5.79. The molecule has 1 fully saturated rings. The van der Waals surface area contributed by atoms with Crippen LogP contribution in [0.15, 0.2) is 18.2 Å². The van der Waals surface area contributed by atoms with Crippen LogP contribution in [0, 0.1) is 11.3 Å². The van der Waals surface area contributed by atoms with Crippen LogP contribution < -0.4 is 11.1 Å². The molecule has 19 heavy (non-hydrogen) atoms. The van der Waals surface area contributed by atoms with Crippen LogP contribution in [0.3, 0.4) is 0 Å². The van der Waals surface area contributed by atoms with Crippen molar-refractivity contribution in [3.63, 3.8) is 0 Å². The summed E-state index contributed by atoms with van der Waals surface area (Å²) in [7, 11) is 0. The largest absolute Gasteiger partial charge is 0.462 e. The maximum atomic E-state index is 11.7. The van der Waals surface area contributed by atoms with Crippen molar-refractivity contribution in [2.45, 2.75) is 27.2 Å². The lowest BCUT2D eigenvalue weighted by Crippen LogP contribution is -2.11. The fourth-order valence-corrected chi connectivity index (χ4v) is 2.21. The molecule has 0 radical (unpaired) electrons. The molecule has 0 bridgehead atoms. The van der Waals surface area contributed by atoms with Gasteiger partial charge >= 0.3 is 5.97 Å². The standard InChI is InChI=1S/C15H22N2O2/c1-4-19-14(18)10-5-6-12(16)13(7-10)17-9-11-8-15(11,2)3/h5-7,11,17H,4,8-9,16H2,1-3H3. The summed E-state index contributed by atoms with van der Waals surface area (Å²) in [6.07, 6.45) is 1.23. The average molecular weight is 262 g/mol. The zero-order chi connectivity index (χ0) is 14.0. The van der Waals surface area contributed by atoms with Crippen molar-refractivity contribution in [1.29, 1.82) is 0 Å². The van der Waals surface area contributed by atoms with Crippen molar-refractivity contribution in [2.75, 3.05) is 24.2 Å². The second kappa shape index (κ2) is 5.11. The van der Waals surface area contributed by atoms with Crippen LogP contribution in [0.2, 0.25) is 0 Å². The summed E-state index contributed by atoms with van der Waals surface area (Å²) in [6, 6.07) is 5.20. The van der Waals surface area contributed by atoms with E-state index >= 15 is 0 Å². The van der Waals surface area contributed by atoms with E-state index in [1.165, 1.54) is 6.42 Å². The SMILES string of the molecule is CCOC(=O)c1ccc(N)c(NCC2CC2(C)C)c1. The molecule has 0 spiro atoms. The van der Waals surface area contributed by atoms with Crippen molar-refractivity contribution >= 4 is 17.3 Å². The summed E-state index contributed by atoms with van der Waals surface area (Å²) in [6.45, 7) is 7.59. The Labute approximate surface area is 114 Å². The first kappa shape index (κ1) is 13.7. The molecule has 0 saturated heterocycles. The number of nitrogen functional groups attached to an aromatic ring is 1. The lowest BCUT2D eigenvalue weighted by Gasteiger charge is -2.12. The van der Waals surface area contributed by atoms with Gasteiger partial charge in [0.05, 0.1) is 23.5 Å². The summed E-state index contributed by atoms with van der Waals surface area (Å²) in [5.74, 6) is 0.371. The van der Waals surface area contributed by atoms with E-state index in [0.29, 0.717) is 29.2 Å². The molecule has 1 saturated carbocycles. The number of carbonyl (C=O) groups is 1. The minimum absolute atomic E-state index is 0.308. The van der Waals surface area contributed by atoms with Crippen molar-refractivity contribution in [3.05, 3.63) is 23.8 Å². The zero-order valence-corrected chi connectivity index (χ0v) is 11.8. The van der Waals surface area contributed by atoms with Gasteiger partial charge in [-0.25, -0.2) is 4.79 Å². The molecular formula is C15H22N2O2. The van der Waals surface area contributed by atoms with Gasteiger partial charge in [0, 0.05) is 6.54 Å². The number of ether oxygens (including phenoxy) is 1. The van der Waals surface area contributed by atoms with Crippen molar-refractivity contribution in [1.82, 2.24) is 0 Å². The third-order valence-corrected chi connectivity index (χ3v) is 3.82. The highest BCUT2D eigenvalue weighted by atomic mass is 16.5. The highest BCUT2D eigenvalue weighted by molar-refractivity contribution is 5.92. The predicted octanol–water partition coefficient (Wildman–Crippen LogP) is 2.90. The summed E-state index contributed by atoms with van der Waals surface area (Å²) < 4.78 is 4.99. The van der Waals surface area contributed by atoms with Crippen molar-refractivity contribution in [2.24, 2.45) is 11.3 Å². The van der Waals surface area contributed by atoms with Crippen LogP contribution in [0.25, 0.3) is 0 Å². The van der Waals surface area contributed by atoms with E-state index in [2.05, 4.69) is 19.2 Å². The molecular weight excluding hydrogens is 240 g/mol. The summed E-state index contributed by atoms with van der Waals surface area (Å²) in [5.41, 5.74) is 8.36.